The topological polar surface area (TPSA) is 69.7 Å². The summed E-state index contributed by atoms with van der Waals surface area (Å²) in [5, 5.41) is 0. The first-order valence-corrected chi connectivity index (χ1v) is 7.03. The highest BCUT2D eigenvalue weighted by Gasteiger charge is 2.33. The fraction of sp³-hybridized carbons (Fsp3) is 0.167. The molecule has 3 rings (SSSR count). The van der Waals surface area contributed by atoms with E-state index in [1.165, 1.54) is 26.2 Å². The molecule has 0 saturated carbocycles. The van der Waals surface area contributed by atoms with Gasteiger partial charge < -0.3 is 9.47 Å². The van der Waals surface area contributed by atoms with Crippen LogP contribution in [0.15, 0.2) is 30.3 Å². The first kappa shape index (κ1) is 15.0. The average molecular weight is 310 g/mol. The third-order valence-electron chi connectivity index (χ3n) is 3.70. The van der Waals surface area contributed by atoms with Gasteiger partial charge in [0.05, 0.1) is 12.7 Å². The first-order valence-electron chi connectivity index (χ1n) is 7.03. The standard InChI is InChI=1S/C18H14O5/c1-9-4-5-12-13(6-9)17(20)14-7-11(22-3)8-15(23-10(2)19)16(14)18(12)21/h4-8H,1-3H3. The molecule has 1 aliphatic carbocycles. The van der Waals surface area contributed by atoms with E-state index < -0.39 is 5.97 Å². The van der Waals surface area contributed by atoms with Crippen molar-refractivity contribution in [2.75, 3.05) is 7.11 Å². The summed E-state index contributed by atoms with van der Waals surface area (Å²) in [5.74, 6) is -0.816. The lowest BCUT2D eigenvalue weighted by Crippen LogP contribution is -2.22. The average Bonchev–Trinajstić information content (AvgIpc) is 2.51. The number of methoxy groups -OCH3 is 1. The van der Waals surface area contributed by atoms with Gasteiger partial charge in [-0.15, -0.1) is 0 Å². The van der Waals surface area contributed by atoms with Gasteiger partial charge in [0.2, 0.25) is 0 Å². The van der Waals surface area contributed by atoms with Crippen LogP contribution in [-0.4, -0.2) is 24.6 Å². The lowest BCUT2D eigenvalue weighted by Gasteiger charge is -2.20. The minimum Gasteiger partial charge on any atom is -0.497 e. The maximum atomic E-state index is 12.8. The highest BCUT2D eigenvalue weighted by Crippen LogP contribution is 2.37. The maximum absolute atomic E-state index is 12.8. The summed E-state index contributed by atoms with van der Waals surface area (Å²) in [4.78, 5) is 36.9. The second kappa shape index (κ2) is 5.35. The molecule has 0 aromatic heterocycles. The predicted molar refractivity (Wildman–Crippen MR) is 82.3 cm³/mol. The summed E-state index contributed by atoms with van der Waals surface area (Å²) in [7, 11) is 1.44. The van der Waals surface area contributed by atoms with Crippen LogP contribution in [0.5, 0.6) is 11.5 Å². The van der Waals surface area contributed by atoms with Crippen molar-refractivity contribution < 1.29 is 23.9 Å². The molecule has 1 aliphatic rings. The Bertz CT molecular complexity index is 864. The van der Waals surface area contributed by atoms with E-state index in [2.05, 4.69) is 0 Å². The molecule has 116 valence electrons. The van der Waals surface area contributed by atoms with Gasteiger partial charge in [-0.25, -0.2) is 0 Å². The van der Waals surface area contributed by atoms with Gasteiger partial charge in [-0.2, -0.15) is 0 Å². The number of esters is 1. The van der Waals surface area contributed by atoms with Crippen LogP contribution in [0.4, 0.5) is 0 Å². The van der Waals surface area contributed by atoms with E-state index in [4.69, 9.17) is 9.47 Å². The number of carbonyl (C=O) groups excluding carboxylic acids is 3. The van der Waals surface area contributed by atoms with Crippen LogP contribution in [0.25, 0.3) is 0 Å². The van der Waals surface area contributed by atoms with Crippen molar-refractivity contribution in [3.8, 4) is 11.5 Å². The second-order valence-corrected chi connectivity index (χ2v) is 5.35. The van der Waals surface area contributed by atoms with Gasteiger partial charge in [0, 0.05) is 29.7 Å². The molecule has 0 radical (unpaired) electrons. The number of aryl methyl sites for hydroxylation is 1. The van der Waals surface area contributed by atoms with Crippen LogP contribution < -0.4 is 9.47 Å². The number of ether oxygens (including phenoxy) is 2. The van der Waals surface area contributed by atoms with E-state index in [0.29, 0.717) is 16.9 Å². The van der Waals surface area contributed by atoms with Crippen molar-refractivity contribution in [3.63, 3.8) is 0 Å². The largest absolute Gasteiger partial charge is 0.497 e. The number of hydrogen-bond donors (Lipinski definition) is 0. The van der Waals surface area contributed by atoms with Crippen molar-refractivity contribution >= 4 is 17.5 Å². The summed E-state index contributed by atoms with van der Waals surface area (Å²) in [6, 6.07) is 8.00. The van der Waals surface area contributed by atoms with Gasteiger partial charge in [0.15, 0.2) is 11.6 Å². The smallest absolute Gasteiger partial charge is 0.308 e. The van der Waals surface area contributed by atoms with Crippen molar-refractivity contribution in [1.29, 1.82) is 0 Å². The highest BCUT2D eigenvalue weighted by atomic mass is 16.5. The highest BCUT2D eigenvalue weighted by molar-refractivity contribution is 6.29. The number of rotatable bonds is 2. The molecule has 0 unspecified atom stereocenters. The lowest BCUT2D eigenvalue weighted by molar-refractivity contribution is -0.131. The molecular weight excluding hydrogens is 296 g/mol. The fourth-order valence-electron chi connectivity index (χ4n) is 2.68. The number of hydrogen-bond acceptors (Lipinski definition) is 5. The summed E-state index contributed by atoms with van der Waals surface area (Å²) < 4.78 is 10.3. The third kappa shape index (κ3) is 2.40. The molecule has 5 nitrogen and oxygen atoms in total. The van der Waals surface area contributed by atoms with E-state index in [1.54, 1.807) is 18.2 Å². The molecule has 2 aromatic carbocycles. The van der Waals surface area contributed by atoms with Gasteiger partial charge in [0.25, 0.3) is 0 Å². The molecule has 23 heavy (non-hydrogen) atoms. The Morgan fingerprint density at radius 3 is 2.35 bits per heavy atom. The molecule has 0 saturated heterocycles. The maximum Gasteiger partial charge on any atom is 0.308 e. The predicted octanol–water partition coefficient (Wildman–Crippen LogP) is 2.70. The molecule has 0 bridgehead atoms. The second-order valence-electron chi connectivity index (χ2n) is 5.35. The van der Waals surface area contributed by atoms with Crippen molar-refractivity contribution in [3.05, 3.63) is 58.1 Å². The first-order chi connectivity index (χ1) is 10.9. The Kier molecular flexibility index (Phi) is 3.48. The van der Waals surface area contributed by atoms with Crippen LogP contribution in [0.3, 0.4) is 0 Å². The number of fused-ring (bicyclic) bond motifs is 2. The molecule has 2 aromatic rings. The van der Waals surface area contributed by atoms with E-state index in [9.17, 15) is 14.4 Å². The van der Waals surface area contributed by atoms with Gasteiger partial charge in [0.1, 0.15) is 11.5 Å². The summed E-state index contributed by atoms with van der Waals surface area (Å²) >= 11 is 0. The van der Waals surface area contributed by atoms with E-state index in [1.807, 2.05) is 6.92 Å². The molecule has 0 heterocycles. The Labute approximate surface area is 132 Å². The third-order valence-corrected chi connectivity index (χ3v) is 3.70. The SMILES string of the molecule is COc1cc(OC(C)=O)c2c(c1)C(=O)c1cc(C)ccc1C2=O. The van der Waals surface area contributed by atoms with E-state index in [0.717, 1.165) is 5.56 Å². The van der Waals surface area contributed by atoms with Gasteiger partial charge in [-0.05, 0) is 19.1 Å². The Hall–Kier alpha value is -2.95. The zero-order valence-electron chi connectivity index (χ0n) is 12.9. The van der Waals surface area contributed by atoms with Crippen molar-refractivity contribution in [2.45, 2.75) is 13.8 Å². The number of benzene rings is 2. The van der Waals surface area contributed by atoms with Crippen LogP contribution in [-0.2, 0) is 4.79 Å². The molecule has 0 amide bonds. The van der Waals surface area contributed by atoms with Crippen LogP contribution in [0.1, 0.15) is 44.3 Å². The molecule has 0 N–H and O–H groups in total. The molecule has 5 heteroatoms. The zero-order chi connectivity index (χ0) is 16.7. The molecule has 0 fully saturated rings. The van der Waals surface area contributed by atoms with Crippen LogP contribution in [0, 0.1) is 6.92 Å². The molecular formula is C18H14O5. The molecule has 0 aliphatic heterocycles. The minimum absolute atomic E-state index is 0.0384. The normalized spacial score (nSPS) is 12.5. The lowest BCUT2D eigenvalue weighted by atomic mass is 9.83. The van der Waals surface area contributed by atoms with Crippen LogP contribution >= 0.6 is 0 Å². The van der Waals surface area contributed by atoms with Gasteiger partial charge >= 0.3 is 5.97 Å². The summed E-state index contributed by atoms with van der Waals surface area (Å²) in [6.07, 6.45) is 0. The monoisotopic (exact) mass is 310 g/mol. The molecule has 0 spiro atoms. The number of carbonyl (C=O) groups is 3. The van der Waals surface area contributed by atoms with Crippen molar-refractivity contribution in [1.82, 2.24) is 0 Å². The summed E-state index contributed by atoms with van der Waals surface area (Å²) in [6.45, 7) is 3.09. The van der Waals surface area contributed by atoms with Gasteiger partial charge in [-0.1, -0.05) is 17.7 Å². The van der Waals surface area contributed by atoms with E-state index in [-0.39, 0.29) is 28.4 Å². The van der Waals surface area contributed by atoms with E-state index >= 15 is 0 Å². The van der Waals surface area contributed by atoms with Crippen LogP contribution in [0.2, 0.25) is 0 Å². The minimum atomic E-state index is -0.574. The fourth-order valence-corrected chi connectivity index (χ4v) is 2.68. The Balaban J connectivity index is 2.29. The van der Waals surface area contributed by atoms with Gasteiger partial charge in [-0.3, -0.25) is 14.4 Å². The molecule has 0 atom stereocenters. The quantitative estimate of drug-likeness (QED) is 0.537. The zero-order valence-corrected chi connectivity index (χ0v) is 12.9. The summed E-state index contributed by atoms with van der Waals surface area (Å²) in [5.41, 5.74) is 1.83. The Morgan fingerprint density at radius 2 is 1.70 bits per heavy atom. The van der Waals surface area contributed by atoms with Crippen molar-refractivity contribution in [2.24, 2.45) is 0 Å². The Morgan fingerprint density at radius 1 is 0.957 bits per heavy atom. The number of ketones is 2.